The summed E-state index contributed by atoms with van der Waals surface area (Å²) in [6, 6.07) is 13.6. The number of amides is 1. The van der Waals surface area contributed by atoms with Gasteiger partial charge in [-0.25, -0.2) is 0 Å². The van der Waals surface area contributed by atoms with Crippen molar-refractivity contribution >= 4 is 5.91 Å². The molecule has 4 nitrogen and oxygen atoms in total. The van der Waals surface area contributed by atoms with Crippen LogP contribution in [0.25, 0.3) is 0 Å². The number of nitrogens with two attached hydrogens (primary N) is 1. The topological polar surface area (TPSA) is 59.2 Å². The Hall–Kier alpha value is -2.20. The highest BCUT2D eigenvalue weighted by Gasteiger charge is 2.12. The molecule has 0 spiro atoms. The van der Waals surface area contributed by atoms with Gasteiger partial charge in [0.1, 0.15) is 0 Å². The van der Waals surface area contributed by atoms with E-state index in [1.165, 1.54) is 0 Å². The number of aromatic nitrogens is 1. The van der Waals surface area contributed by atoms with Crippen molar-refractivity contribution in [2.24, 2.45) is 5.73 Å². The molecule has 0 saturated carbocycles. The van der Waals surface area contributed by atoms with Crippen molar-refractivity contribution in [3.63, 3.8) is 0 Å². The van der Waals surface area contributed by atoms with E-state index < -0.39 is 0 Å². The van der Waals surface area contributed by atoms with E-state index in [0.29, 0.717) is 19.5 Å². The van der Waals surface area contributed by atoms with Crippen LogP contribution in [0, 0.1) is 6.92 Å². The fourth-order valence-electron chi connectivity index (χ4n) is 2.25. The van der Waals surface area contributed by atoms with Crippen molar-refractivity contribution in [3.8, 4) is 0 Å². The highest BCUT2D eigenvalue weighted by atomic mass is 16.2. The van der Waals surface area contributed by atoms with E-state index in [1.807, 2.05) is 49.4 Å². The molecule has 4 heteroatoms. The third-order valence-corrected chi connectivity index (χ3v) is 3.45. The molecule has 1 aromatic carbocycles. The molecule has 1 amide bonds. The number of likely N-dealkylation sites (N-methyl/N-ethyl adjacent to an activating group) is 1. The molecular formula is C17H21N3O. The van der Waals surface area contributed by atoms with Crippen molar-refractivity contribution in [1.29, 1.82) is 0 Å². The molecule has 110 valence electrons. The Morgan fingerprint density at radius 2 is 1.86 bits per heavy atom. The zero-order chi connectivity index (χ0) is 15.2. The molecule has 0 radical (unpaired) electrons. The third-order valence-electron chi connectivity index (χ3n) is 3.45. The molecule has 0 aliphatic rings. The molecule has 0 fully saturated rings. The van der Waals surface area contributed by atoms with Gasteiger partial charge in [-0.05, 0) is 30.2 Å². The first kappa shape index (κ1) is 15.2. The summed E-state index contributed by atoms with van der Waals surface area (Å²) in [7, 11) is 1.80. The van der Waals surface area contributed by atoms with Crippen LogP contribution < -0.4 is 5.73 Å². The van der Waals surface area contributed by atoms with Crippen molar-refractivity contribution in [2.75, 3.05) is 7.05 Å². The van der Waals surface area contributed by atoms with Crippen LogP contribution in [0.15, 0.2) is 42.5 Å². The normalized spacial score (nSPS) is 10.4. The minimum atomic E-state index is 0.0687. The van der Waals surface area contributed by atoms with E-state index in [9.17, 15) is 4.79 Å². The van der Waals surface area contributed by atoms with Gasteiger partial charge in [0, 0.05) is 19.3 Å². The first-order valence-electron chi connectivity index (χ1n) is 7.03. The van der Waals surface area contributed by atoms with E-state index >= 15 is 0 Å². The van der Waals surface area contributed by atoms with Gasteiger partial charge in [-0.1, -0.05) is 30.3 Å². The molecule has 2 N–H and O–H groups in total. The Morgan fingerprint density at radius 3 is 2.52 bits per heavy atom. The molecular weight excluding hydrogens is 262 g/mol. The number of aryl methyl sites for hydroxylation is 1. The predicted molar refractivity (Wildman–Crippen MR) is 83.5 cm³/mol. The zero-order valence-corrected chi connectivity index (χ0v) is 12.5. The Balaban J connectivity index is 2.02. The van der Waals surface area contributed by atoms with Crippen LogP contribution in [-0.4, -0.2) is 22.8 Å². The fourth-order valence-corrected chi connectivity index (χ4v) is 2.25. The van der Waals surface area contributed by atoms with Crippen molar-refractivity contribution < 1.29 is 4.79 Å². The van der Waals surface area contributed by atoms with Gasteiger partial charge in [-0.2, -0.15) is 0 Å². The van der Waals surface area contributed by atoms with E-state index in [2.05, 4.69) is 4.98 Å². The number of carbonyl (C=O) groups excluding carboxylic acids is 1. The largest absolute Gasteiger partial charge is 0.340 e. The third kappa shape index (κ3) is 4.13. The second-order valence-electron chi connectivity index (χ2n) is 5.17. The lowest BCUT2D eigenvalue weighted by molar-refractivity contribution is -0.129. The van der Waals surface area contributed by atoms with Crippen molar-refractivity contribution in [1.82, 2.24) is 9.88 Å². The Labute approximate surface area is 125 Å². The van der Waals surface area contributed by atoms with Crippen LogP contribution in [0.4, 0.5) is 0 Å². The first-order chi connectivity index (χ1) is 10.1. The molecule has 0 aliphatic heterocycles. The molecule has 2 aromatic rings. The van der Waals surface area contributed by atoms with Gasteiger partial charge in [-0.15, -0.1) is 0 Å². The molecule has 0 bridgehead atoms. The standard InChI is InChI=1S/C17H21N3O/c1-13-6-5-9-16(19-13)12-20(2)17(21)10-14-7-3-4-8-15(14)11-18/h3-9H,10-12,18H2,1-2H3. The molecule has 1 aromatic heterocycles. The number of hydrogen-bond donors (Lipinski definition) is 1. The summed E-state index contributed by atoms with van der Waals surface area (Å²) in [4.78, 5) is 18.5. The van der Waals surface area contributed by atoms with Gasteiger partial charge in [0.15, 0.2) is 0 Å². The zero-order valence-electron chi connectivity index (χ0n) is 12.5. The van der Waals surface area contributed by atoms with E-state index in [-0.39, 0.29) is 5.91 Å². The average Bonchev–Trinajstić information content (AvgIpc) is 2.47. The Kier molecular flexibility index (Phi) is 5.06. The minimum Gasteiger partial charge on any atom is -0.340 e. The number of pyridine rings is 1. The lowest BCUT2D eigenvalue weighted by Crippen LogP contribution is -2.28. The lowest BCUT2D eigenvalue weighted by atomic mass is 10.0. The van der Waals surface area contributed by atoms with Gasteiger partial charge in [0.25, 0.3) is 0 Å². The molecule has 0 saturated heterocycles. The molecule has 1 heterocycles. The molecule has 21 heavy (non-hydrogen) atoms. The second kappa shape index (κ2) is 6.99. The summed E-state index contributed by atoms with van der Waals surface area (Å²) in [5, 5.41) is 0. The van der Waals surface area contributed by atoms with E-state index in [0.717, 1.165) is 22.5 Å². The monoisotopic (exact) mass is 283 g/mol. The van der Waals surface area contributed by atoms with Gasteiger partial charge >= 0.3 is 0 Å². The highest BCUT2D eigenvalue weighted by Crippen LogP contribution is 2.11. The maximum absolute atomic E-state index is 12.3. The van der Waals surface area contributed by atoms with E-state index in [1.54, 1.807) is 11.9 Å². The summed E-state index contributed by atoms with van der Waals surface area (Å²) in [6.07, 6.45) is 0.371. The van der Waals surface area contributed by atoms with Crippen LogP contribution in [0.2, 0.25) is 0 Å². The maximum Gasteiger partial charge on any atom is 0.227 e. The number of carbonyl (C=O) groups is 1. The molecule has 2 rings (SSSR count). The predicted octanol–water partition coefficient (Wildman–Crippen LogP) is 2.05. The summed E-state index contributed by atoms with van der Waals surface area (Å²) in [6.45, 7) is 2.92. The summed E-state index contributed by atoms with van der Waals surface area (Å²) in [5.41, 5.74) is 9.58. The van der Waals surface area contributed by atoms with Gasteiger partial charge in [0.05, 0.1) is 18.7 Å². The Bertz CT molecular complexity index is 625. The summed E-state index contributed by atoms with van der Waals surface area (Å²) < 4.78 is 0. The van der Waals surface area contributed by atoms with Crippen LogP contribution in [0.5, 0.6) is 0 Å². The van der Waals surface area contributed by atoms with Gasteiger partial charge < -0.3 is 10.6 Å². The van der Waals surface area contributed by atoms with Crippen LogP contribution in [0.1, 0.15) is 22.5 Å². The first-order valence-corrected chi connectivity index (χ1v) is 7.03. The van der Waals surface area contributed by atoms with Crippen LogP contribution in [-0.2, 0) is 24.3 Å². The smallest absolute Gasteiger partial charge is 0.227 e. The molecule has 0 unspecified atom stereocenters. The number of benzene rings is 1. The quantitative estimate of drug-likeness (QED) is 0.913. The fraction of sp³-hybridized carbons (Fsp3) is 0.294. The molecule has 0 atom stereocenters. The van der Waals surface area contributed by atoms with Gasteiger partial charge in [-0.3, -0.25) is 9.78 Å². The summed E-state index contributed by atoms with van der Waals surface area (Å²) in [5.74, 6) is 0.0687. The Morgan fingerprint density at radius 1 is 1.14 bits per heavy atom. The highest BCUT2D eigenvalue weighted by molar-refractivity contribution is 5.78. The number of nitrogens with zero attached hydrogens (tertiary/aromatic N) is 2. The van der Waals surface area contributed by atoms with Crippen molar-refractivity contribution in [3.05, 3.63) is 65.0 Å². The van der Waals surface area contributed by atoms with Gasteiger partial charge in [0.2, 0.25) is 5.91 Å². The SMILES string of the molecule is Cc1cccc(CN(C)C(=O)Cc2ccccc2CN)n1. The summed E-state index contributed by atoms with van der Waals surface area (Å²) >= 11 is 0. The lowest BCUT2D eigenvalue weighted by Gasteiger charge is -2.18. The number of hydrogen-bond acceptors (Lipinski definition) is 3. The maximum atomic E-state index is 12.3. The van der Waals surface area contributed by atoms with Crippen LogP contribution >= 0.6 is 0 Å². The molecule has 0 aliphatic carbocycles. The average molecular weight is 283 g/mol. The van der Waals surface area contributed by atoms with Crippen molar-refractivity contribution in [2.45, 2.75) is 26.4 Å². The minimum absolute atomic E-state index is 0.0687. The second-order valence-corrected chi connectivity index (χ2v) is 5.17. The van der Waals surface area contributed by atoms with Crippen LogP contribution in [0.3, 0.4) is 0 Å². The van der Waals surface area contributed by atoms with E-state index in [4.69, 9.17) is 5.73 Å². The number of rotatable bonds is 5.